The normalized spacial score (nSPS) is 10.4. The zero-order valence-corrected chi connectivity index (χ0v) is 14.3. The fourth-order valence-corrected chi connectivity index (χ4v) is 2.50. The largest absolute Gasteiger partial charge is 0.492 e. The highest BCUT2D eigenvalue weighted by atomic mass is 79.9. The predicted molar refractivity (Wildman–Crippen MR) is 88.0 cm³/mol. The van der Waals surface area contributed by atoms with Crippen molar-refractivity contribution < 1.29 is 23.8 Å². The van der Waals surface area contributed by atoms with Gasteiger partial charge in [-0.3, -0.25) is 9.59 Å². The molecule has 7 heteroatoms. The first kappa shape index (κ1) is 17.1. The lowest BCUT2D eigenvalue weighted by Crippen LogP contribution is -2.16. The third kappa shape index (κ3) is 4.13. The van der Waals surface area contributed by atoms with Crippen LogP contribution in [0.1, 0.15) is 28.6 Å². The first-order valence-corrected chi connectivity index (χ1v) is 7.74. The Hall–Kier alpha value is -2.28. The summed E-state index contributed by atoms with van der Waals surface area (Å²) in [7, 11) is 0. The average molecular weight is 382 g/mol. The summed E-state index contributed by atoms with van der Waals surface area (Å²) < 4.78 is 11.4. The second kappa shape index (κ2) is 7.32. The van der Waals surface area contributed by atoms with E-state index >= 15 is 0 Å². The summed E-state index contributed by atoms with van der Waals surface area (Å²) in [6, 6.07) is 5.26. The van der Waals surface area contributed by atoms with Crippen LogP contribution < -0.4 is 10.1 Å². The van der Waals surface area contributed by atoms with Gasteiger partial charge in [0.15, 0.2) is 0 Å². The summed E-state index contributed by atoms with van der Waals surface area (Å²) in [5, 5.41) is 11.7. The van der Waals surface area contributed by atoms with Gasteiger partial charge in [0.2, 0.25) is 0 Å². The number of halogens is 1. The molecule has 0 fully saturated rings. The molecular formula is C16H16BrNO5. The van der Waals surface area contributed by atoms with Gasteiger partial charge in [0, 0.05) is 10.0 Å². The first-order chi connectivity index (χ1) is 10.9. The van der Waals surface area contributed by atoms with Crippen molar-refractivity contribution in [2.45, 2.75) is 20.3 Å². The summed E-state index contributed by atoms with van der Waals surface area (Å²) in [5.41, 5.74) is 1.30. The molecule has 2 N–H and O–H groups in total. The van der Waals surface area contributed by atoms with Gasteiger partial charge in [0.25, 0.3) is 5.91 Å². The number of amides is 1. The standard InChI is InChI=1S/C16H16BrNO5/c1-3-22-12-5-4-10(17)6-11(12)18-16(21)15-9(2)8-23-13(15)7-14(19)20/h4-6,8H,3,7H2,1-2H3,(H,18,21)(H,19,20). The van der Waals surface area contributed by atoms with E-state index in [-0.39, 0.29) is 17.7 Å². The Morgan fingerprint density at radius 3 is 2.78 bits per heavy atom. The monoisotopic (exact) mass is 381 g/mol. The van der Waals surface area contributed by atoms with Gasteiger partial charge in [-0.1, -0.05) is 15.9 Å². The summed E-state index contributed by atoms with van der Waals surface area (Å²) in [6.45, 7) is 3.99. The van der Waals surface area contributed by atoms with E-state index in [1.54, 1.807) is 25.1 Å². The summed E-state index contributed by atoms with van der Waals surface area (Å²) in [6.07, 6.45) is 1.02. The SMILES string of the molecule is CCOc1ccc(Br)cc1NC(=O)c1c(C)coc1CC(=O)O. The molecular weight excluding hydrogens is 366 g/mol. The molecule has 1 aromatic heterocycles. The topological polar surface area (TPSA) is 88.8 Å². The van der Waals surface area contributed by atoms with Gasteiger partial charge in [0.05, 0.1) is 24.1 Å². The van der Waals surface area contributed by atoms with Gasteiger partial charge in [-0.05, 0) is 32.0 Å². The van der Waals surface area contributed by atoms with E-state index in [2.05, 4.69) is 21.2 Å². The van der Waals surface area contributed by atoms with Gasteiger partial charge in [-0.25, -0.2) is 0 Å². The number of benzene rings is 1. The lowest BCUT2D eigenvalue weighted by Gasteiger charge is -2.12. The number of hydrogen-bond donors (Lipinski definition) is 2. The first-order valence-electron chi connectivity index (χ1n) is 6.94. The van der Waals surface area contributed by atoms with Gasteiger partial charge in [-0.2, -0.15) is 0 Å². The molecule has 0 saturated carbocycles. The summed E-state index contributed by atoms with van der Waals surface area (Å²) >= 11 is 3.34. The maximum absolute atomic E-state index is 12.5. The van der Waals surface area contributed by atoms with Crippen molar-refractivity contribution in [2.75, 3.05) is 11.9 Å². The van der Waals surface area contributed by atoms with Crippen LogP contribution in [0.2, 0.25) is 0 Å². The van der Waals surface area contributed by atoms with Crippen LogP contribution >= 0.6 is 15.9 Å². The number of hydrogen-bond acceptors (Lipinski definition) is 4. The smallest absolute Gasteiger partial charge is 0.311 e. The van der Waals surface area contributed by atoms with E-state index in [0.717, 1.165) is 4.47 Å². The van der Waals surface area contributed by atoms with Crippen LogP contribution in [0.3, 0.4) is 0 Å². The van der Waals surface area contributed by atoms with Crippen molar-refractivity contribution in [3.05, 3.63) is 45.8 Å². The quantitative estimate of drug-likeness (QED) is 0.797. The van der Waals surface area contributed by atoms with Crippen molar-refractivity contribution in [3.63, 3.8) is 0 Å². The van der Waals surface area contributed by atoms with E-state index in [0.29, 0.717) is 23.6 Å². The fourth-order valence-electron chi connectivity index (χ4n) is 2.14. The van der Waals surface area contributed by atoms with Gasteiger partial charge in [0.1, 0.15) is 17.9 Å². The highest BCUT2D eigenvalue weighted by molar-refractivity contribution is 9.10. The Labute approximate surface area is 141 Å². The molecule has 0 aliphatic heterocycles. The Morgan fingerprint density at radius 2 is 2.13 bits per heavy atom. The molecule has 0 saturated heterocycles. The minimum Gasteiger partial charge on any atom is -0.492 e. The number of aryl methyl sites for hydroxylation is 1. The van der Waals surface area contributed by atoms with Crippen molar-refractivity contribution in [1.82, 2.24) is 0 Å². The maximum Gasteiger partial charge on any atom is 0.311 e. The highest BCUT2D eigenvalue weighted by Crippen LogP contribution is 2.29. The molecule has 2 aromatic rings. The number of nitrogens with one attached hydrogen (secondary N) is 1. The number of ether oxygens (including phenoxy) is 1. The molecule has 0 radical (unpaired) electrons. The van der Waals surface area contributed by atoms with Crippen LogP contribution in [-0.4, -0.2) is 23.6 Å². The molecule has 0 atom stereocenters. The van der Waals surface area contributed by atoms with Crippen LogP contribution in [0.4, 0.5) is 5.69 Å². The third-order valence-electron chi connectivity index (χ3n) is 3.08. The Morgan fingerprint density at radius 1 is 1.39 bits per heavy atom. The third-order valence-corrected chi connectivity index (χ3v) is 3.57. The van der Waals surface area contributed by atoms with E-state index in [1.807, 2.05) is 6.92 Å². The molecule has 0 spiro atoms. The number of aliphatic carboxylic acids is 1. The Balaban J connectivity index is 2.31. The minimum atomic E-state index is -1.06. The molecule has 0 bridgehead atoms. The summed E-state index contributed by atoms with van der Waals surface area (Å²) in [4.78, 5) is 23.4. The molecule has 0 unspecified atom stereocenters. The number of carbonyl (C=O) groups excluding carboxylic acids is 1. The molecule has 122 valence electrons. The van der Waals surface area contributed by atoms with Crippen LogP contribution in [-0.2, 0) is 11.2 Å². The van der Waals surface area contributed by atoms with Crippen molar-refractivity contribution in [1.29, 1.82) is 0 Å². The van der Waals surface area contributed by atoms with Gasteiger partial charge >= 0.3 is 5.97 Å². The second-order valence-corrected chi connectivity index (χ2v) is 5.73. The zero-order chi connectivity index (χ0) is 17.0. The Kier molecular flexibility index (Phi) is 5.44. The molecule has 1 amide bonds. The lowest BCUT2D eigenvalue weighted by atomic mass is 10.1. The molecule has 1 aromatic carbocycles. The van der Waals surface area contributed by atoms with E-state index in [4.69, 9.17) is 14.3 Å². The average Bonchev–Trinajstić information content (AvgIpc) is 2.82. The van der Waals surface area contributed by atoms with E-state index in [9.17, 15) is 9.59 Å². The van der Waals surface area contributed by atoms with Crippen LogP contribution in [0.5, 0.6) is 5.75 Å². The van der Waals surface area contributed by atoms with Crippen LogP contribution in [0.15, 0.2) is 33.4 Å². The second-order valence-electron chi connectivity index (χ2n) is 4.82. The summed E-state index contributed by atoms with van der Waals surface area (Å²) in [5.74, 6) is -0.845. The van der Waals surface area contributed by atoms with Gasteiger partial charge in [-0.15, -0.1) is 0 Å². The van der Waals surface area contributed by atoms with E-state index in [1.165, 1.54) is 6.26 Å². The molecule has 0 aliphatic rings. The minimum absolute atomic E-state index is 0.125. The van der Waals surface area contributed by atoms with Crippen LogP contribution in [0.25, 0.3) is 0 Å². The molecule has 23 heavy (non-hydrogen) atoms. The highest BCUT2D eigenvalue weighted by Gasteiger charge is 2.21. The fraction of sp³-hybridized carbons (Fsp3) is 0.250. The lowest BCUT2D eigenvalue weighted by molar-refractivity contribution is -0.136. The number of rotatable bonds is 6. The van der Waals surface area contributed by atoms with Crippen molar-refractivity contribution in [3.8, 4) is 5.75 Å². The Bertz CT molecular complexity index is 738. The van der Waals surface area contributed by atoms with Crippen LogP contribution in [0, 0.1) is 6.92 Å². The van der Waals surface area contributed by atoms with E-state index < -0.39 is 11.9 Å². The molecule has 2 rings (SSSR count). The number of carbonyl (C=O) groups is 2. The zero-order valence-electron chi connectivity index (χ0n) is 12.7. The van der Waals surface area contributed by atoms with Gasteiger partial charge < -0.3 is 19.6 Å². The van der Waals surface area contributed by atoms with Crippen molar-refractivity contribution in [2.24, 2.45) is 0 Å². The predicted octanol–water partition coefficient (Wildman–Crippen LogP) is 3.63. The molecule has 1 heterocycles. The van der Waals surface area contributed by atoms with Crippen molar-refractivity contribution >= 4 is 33.5 Å². The molecule has 0 aliphatic carbocycles. The number of carboxylic acid groups (broad SMARTS) is 1. The number of anilines is 1. The number of furan rings is 1. The maximum atomic E-state index is 12.5. The molecule has 6 nitrogen and oxygen atoms in total. The number of carboxylic acids is 1.